The number of benzene rings is 1. The number of hydrogen-bond acceptors (Lipinski definition) is 6. The predicted octanol–water partition coefficient (Wildman–Crippen LogP) is 1.88. The number of halogens is 1. The van der Waals surface area contributed by atoms with E-state index in [2.05, 4.69) is 21.0 Å². The van der Waals surface area contributed by atoms with Gasteiger partial charge in [0.05, 0.1) is 11.7 Å². The first-order valence-corrected chi connectivity index (χ1v) is 9.25. The second-order valence-corrected chi connectivity index (χ2v) is 7.54. The van der Waals surface area contributed by atoms with Crippen LogP contribution in [0.3, 0.4) is 0 Å². The van der Waals surface area contributed by atoms with Gasteiger partial charge in [0, 0.05) is 25.7 Å². The SMILES string of the molecule is CCCC1CNCCN1S(=O)(=O)c1cccc2nsnc12.Cl. The molecule has 0 bridgehead atoms. The van der Waals surface area contributed by atoms with Crippen molar-refractivity contribution in [1.82, 2.24) is 18.4 Å². The van der Waals surface area contributed by atoms with Crippen LogP contribution in [0.5, 0.6) is 0 Å². The molecule has 122 valence electrons. The van der Waals surface area contributed by atoms with E-state index in [4.69, 9.17) is 0 Å². The Kier molecular flexibility index (Phi) is 5.73. The van der Waals surface area contributed by atoms with E-state index < -0.39 is 10.0 Å². The van der Waals surface area contributed by atoms with E-state index in [-0.39, 0.29) is 23.3 Å². The van der Waals surface area contributed by atoms with Gasteiger partial charge in [-0.15, -0.1) is 12.4 Å². The van der Waals surface area contributed by atoms with Gasteiger partial charge in [-0.3, -0.25) is 0 Å². The van der Waals surface area contributed by atoms with Crippen molar-refractivity contribution < 1.29 is 8.42 Å². The van der Waals surface area contributed by atoms with Crippen LogP contribution in [0, 0.1) is 0 Å². The van der Waals surface area contributed by atoms with Crippen LogP contribution in [0.4, 0.5) is 0 Å². The summed E-state index contributed by atoms with van der Waals surface area (Å²) in [6, 6.07) is 5.16. The molecule has 22 heavy (non-hydrogen) atoms. The molecule has 1 aromatic carbocycles. The Morgan fingerprint density at radius 2 is 2.23 bits per heavy atom. The number of sulfonamides is 1. The minimum atomic E-state index is -3.53. The van der Waals surface area contributed by atoms with E-state index in [1.165, 1.54) is 0 Å². The van der Waals surface area contributed by atoms with Gasteiger partial charge in [0.15, 0.2) is 0 Å². The van der Waals surface area contributed by atoms with Gasteiger partial charge in [-0.2, -0.15) is 13.1 Å². The summed E-state index contributed by atoms with van der Waals surface area (Å²) in [5, 5.41) is 3.27. The molecule has 1 fully saturated rings. The maximum absolute atomic E-state index is 13.0. The van der Waals surface area contributed by atoms with Crippen molar-refractivity contribution in [3.63, 3.8) is 0 Å². The van der Waals surface area contributed by atoms with Crippen LogP contribution in [0.1, 0.15) is 19.8 Å². The molecule has 1 aliphatic heterocycles. The van der Waals surface area contributed by atoms with Crippen molar-refractivity contribution in [2.45, 2.75) is 30.7 Å². The molecule has 1 unspecified atom stereocenters. The molecule has 1 aromatic heterocycles. The van der Waals surface area contributed by atoms with Crippen LogP contribution in [-0.4, -0.2) is 47.1 Å². The second-order valence-electron chi connectivity index (χ2n) is 5.15. The molecule has 1 N–H and O–H groups in total. The number of fused-ring (bicyclic) bond motifs is 1. The van der Waals surface area contributed by atoms with Crippen LogP contribution in [-0.2, 0) is 10.0 Å². The summed E-state index contributed by atoms with van der Waals surface area (Å²) < 4.78 is 36.0. The van der Waals surface area contributed by atoms with Crippen molar-refractivity contribution in [2.24, 2.45) is 0 Å². The van der Waals surface area contributed by atoms with Gasteiger partial charge in [-0.05, 0) is 18.6 Å². The standard InChI is InChI=1S/C13H18N4O2S2.ClH/c1-2-4-10-9-14-7-8-17(10)21(18,19)12-6-3-5-11-13(12)16-20-15-11;/h3,5-6,10,14H,2,4,7-9H2,1H3;1H. The Balaban J connectivity index is 0.00000176. The smallest absolute Gasteiger partial charge is 0.245 e. The maximum atomic E-state index is 13.0. The van der Waals surface area contributed by atoms with Gasteiger partial charge in [0.25, 0.3) is 0 Å². The van der Waals surface area contributed by atoms with Crippen molar-refractivity contribution in [3.8, 4) is 0 Å². The summed E-state index contributed by atoms with van der Waals surface area (Å²) in [5.74, 6) is 0. The first-order valence-electron chi connectivity index (χ1n) is 7.08. The quantitative estimate of drug-likeness (QED) is 0.898. The normalized spacial score (nSPS) is 20.0. The van der Waals surface area contributed by atoms with Gasteiger partial charge in [0.1, 0.15) is 15.9 Å². The molecule has 1 saturated heterocycles. The molecule has 2 aromatic rings. The summed E-state index contributed by atoms with van der Waals surface area (Å²) in [5.41, 5.74) is 1.12. The average Bonchev–Trinajstić information content (AvgIpc) is 2.96. The van der Waals surface area contributed by atoms with E-state index in [0.29, 0.717) is 30.7 Å². The largest absolute Gasteiger partial charge is 0.314 e. The van der Waals surface area contributed by atoms with Crippen molar-refractivity contribution in [2.75, 3.05) is 19.6 Å². The Hall–Kier alpha value is -0.800. The second kappa shape index (κ2) is 7.18. The van der Waals surface area contributed by atoms with E-state index in [1.54, 1.807) is 22.5 Å². The minimum absolute atomic E-state index is 0. The van der Waals surface area contributed by atoms with Crippen LogP contribution >= 0.6 is 24.1 Å². The van der Waals surface area contributed by atoms with Crippen molar-refractivity contribution in [1.29, 1.82) is 0 Å². The number of nitrogens with one attached hydrogen (secondary N) is 1. The molecule has 1 aliphatic rings. The predicted molar refractivity (Wildman–Crippen MR) is 90.1 cm³/mol. The molecule has 0 radical (unpaired) electrons. The minimum Gasteiger partial charge on any atom is -0.314 e. The van der Waals surface area contributed by atoms with Crippen LogP contribution in [0.2, 0.25) is 0 Å². The van der Waals surface area contributed by atoms with Gasteiger partial charge >= 0.3 is 0 Å². The molecule has 6 nitrogen and oxygen atoms in total. The summed E-state index contributed by atoms with van der Waals surface area (Å²) in [6.45, 7) is 3.97. The fourth-order valence-corrected chi connectivity index (χ4v) is 5.16. The number of rotatable bonds is 4. The van der Waals surface area contributed by atoms with Gasteiger partial charge in [-0.25, -0.2) is 8.42 Å². The third kappa shape index (κ3) is 3.11. The van der Waals surface area contributed by atoms with E-state index in [9.17, 15) is 8.42 Å². The zero-order valence-electron chi connectivity index (χ0n) is 12.2. The van der Waals surface area contributed by atoms with Gasteiger partial charge in [-0.1, -0.05) is 19.4 Å². The Bertz CT molecular complexity index is 732. The molecular weight excluding hydrogens is 344 g/mol. The van der Waals surface area contributed by atoms with Gasteiger partial charge in [0.2, 0.25) is 10.0 Å². The summed E-state index contributed by atoms with van der Waals surface area (Å²) in [7, 11) is -3.53. The molecule has 0 aliphatic carbocycles. The highest BCUT2D eigenvalue weighted by molar-refractivity contribution is 7.89. The summed E-state index contributed by atoms with van der Waals surface area (Å²) >= 11 is 1.05. The lowest BCUT2D eigenvalue weighted by Gasteiger charge is -2.35. The fraction of sp³-hybridized carbons (Fsp3) is 0.538. The lowest BCUT2D eigenvalue weighted by atomic mass is 10.1. The molecule has 2 heterocycles. The van der Waals surface area contributed by atoms with E-state index in [0.717, 1.165) is 24.6 Å². The highest BCUT2D eigenvalue weighted by atomic mass is 35.5. The van der Waals surface area contributed by atoms with Crippen LogP contribution in [0.25, 0.3) is 11.0 Å². The van der Waals surface area contributed by atoms with E-state index in [1.807, 2.05) is 0 Å². The van der Waals surface area contributed by atoms with Crippen molar-refractivity contribution >= 4 is 45.2 Å². The highest BCUT2D eigenvalue weighted by Gasteiger charge is 2.34. The monoisotopic (exact) mass is 362 g/mol. The van der Waals surface area contributed by atoms with E-state index >= 15 is 0 Å². The third-order valence-corrected chi connectivity index (χ3v) is 6.28. The number of hydrogen-bond donors (Lipinski definition) is 1. The average molecular weight is 363 g/mol. The summed E-state index contributed by atoms with van der Waals surface area (Å²) in [6.07, 6.45) is 1.82. The molecule has 3 rings (SSSR count). The first kappa shape index (κ1) is 17.6. The Morgan fingerprint density at radius 1 is 1.41 bits per heavy atom. The maximum Gasteiger partial charge on any atom is 0.245 e. The van der Waals surface area contributed by atoms with Gasteiger partial charge < -0.3 is 5.32 Å². The number of aromatic nitrogens is 2. The highest BCUT2D eigenvalue weighted by Crippen LogP contribution is 2.27. The summed E-state index contributed by atoms with van der Waals surface area (Å²) in [4.78, 5) is 0.275. The third-order valence-electron chi connectivity index (χ3n) is 3.75. The fourth-order valence-electron chi connectivity index (χ4n) is 2.75. The zero-order chi connectivity index (χ0) is 14.9. The van der Waals surface area contributed by atoms with Crippen molar-refractivity contribution in [3.05, 3.63) is 18.2 Å². The molecule has 0 saturated carbocycles. The number of piperazine rings is 1. The van der Waals surface area contributed by atoms with Crippen LogP contribution in [0.15, 0.2) is 23.1 Å². The lowest BCUT2D eigenvalue weighted by molar-refractivity contribution is 0.254. The molecular formula is C13H19ClN4O2S2. The van der Waals surface area contributed by atoms with Crippen LogP contribution < -0.4 is 5.32 Å². The first-order chi connectivity index (χ1) is 10.1. The molecule has 1 atom stereocenters. The zero-order valence-corrected chi connectivity index (χ0v) is 14.7. The molecule has 0 spiro atoms. The molecule has 0 amide bonds. The Morgan fingerprint density at radius 3 is 3.00 bits per heavy atom. The topological polar surface area (TPSA) is 75.2 Å². The lowest BCUT2D eigenvalue weighted by Crippen LogP contribution is -2.53. The Labute approximate surface area is 140 Å². The molecule has 9 heteroatoms. The number of nitrogens with zero attached hydrogens (tertiary/aromatic N) is 3.